The SMILES string of the molecule is c1ccc(CN(CCC2CCc3ccccc32)C2CCN(c3cccc4c3OCCO4)CC2)cc1. The van der Waals surface area contributed by atoms with Crippen LogP contribution in [0.5, 0.6) is 11.5 Å². The number of aryl methyl sites for hydroxylation is 1. The van der Waals surface area contributed by atoms with E-state index in [9.17, 15) is 0 Å². The first-order valence-corrected chi connectivity index (χ1v) is 13.3. The van der Waals surface area contributed by atoms with E-state index in [0.717, 1.165) is 37.7 Å². The molecule has 2 aliphatic heterocycles. The van der Waals surface area contributed by atoms with E-state index in [2.05, 4.69) is 76.5 Å². The van der Waals surface area contributed by atoms with Gasteiger partial charge in [0.15, 0.2) is 11.5 Å². The van der Waals surface area contributed by atoms with Gasteiger partial charge in [-0.25, -0.2) is 0 Å². The lowest BCUT2D eigenvalue weighted by molar-refractivity contribution is 0.153. The van der Waals surface area contributed by atoms with Gasteiger partial charge in [0.2, 0.25) is 0 Å². The van der Waals surface area contributed by atoms with Crippen molar-refractivity contribution in [1.29, 1.82) is 0 Å². The topological polar surface area (TPSA) is 24.9 Å². The number of nitrogens with zero attached hydrogens (tertiary/aromatic N) is 2. The molecule has 1 saturated heterocycles. The molecule has 0 amide bonds. The molecule has 4 nitrogen and oxygen atoms in total. The van der Waals surface area contributed by atoms with Crippen LogP contribution in [0.1, 0.15) is 48.3 Å². The summed E-state index contributed by atoms with van der Waals surface area (Å²) < 4.78 is 11.8. The molecule has 0 saturated carbocycles. The Morgan fingerprint density at radius 1 is 0.800 bits per heavy atom. The monoisotopic (exact) mass is 468 g/mol. The molecular formula is C31H36N2O2. The highest BCUT2D eigenvalue weighted by atomic mass is 16.6. The minimum atomic E-state index is 0.611. The van der Waals surface area contributed by atoms with Crippen molar-refractivity contribution >= 4 is 5.69 Å². The fourth-order valence-electron chi connectivity index (χ4n) is 6.25. The Labute approximate surface area is 209 Å². The van der Waals surface area contributed by atoms with Crippen molar-refractivity contribution in [3.05, 3.63) is 89.5 Å². The molecule has 3 aromatic rings. The Bertz CT molecular complexity index is 1120. The number of ether oxygens (including phenoxy) is 2. The molecule has 1 aliphatic carbocycles. The van der Waals surface area contributed by atoms with Gasteiger partial charge in [-0.3, -0.25) is 4.90 Å². The van der Waals surface area contributed by atoms with Crippen molar-refractivity contribution in [3.63, 3.8) is 0 Å². The van der Waals surface area contributed by atoms with E-state index in [1.165, 1.54) is 43.4 Å². The first-order chi connectivity index (χ1) is 17.3. The van der Waals surface area contributed by atoms with Crippen LogP contribution in [0.2, 0.25) is 0 Å². The van der Waals surface area contributed by atoms with Crippen molar-refractivity contribution in [2.45, 2.75) is 50.6 Å². The average molecular weight is 469 g/mol. The second kappa shape index (κ2) is 10.3. The van der Waals surface area contributed by atoms with Gasteiger partial charge in [-0.05, 0) is 73.4 Å². The number of hydrogen-bond acceptors (Lipinski definition) is 4. The van der Waals surface area contributed by atoms with E-state index in [-0.39, 0.29) is 0 Å². The maximum atomic E-state index is 6.01. The summed E-state index contributed by atoms with van der Waals surface area (Å²) in [4.78, 5) is 5.27. The summed E-state index contributed by atoms with van der Waals surface area (Å²) in [5, 5.41) is 0. The molecule has 0 radical (unpaired) electrons. The number of hydrogen-bond donors (Lipinski definition) is 0. The fourth-order valence-corrected chi connectivity index (χ4v) is 6.25. The van der Waals surface area contributed by atoms with Gasteiger partial charge < -0.3 is 14.4 Å². The highest BCUT2D eigenvalue weighted by molar-refractivity contribution is 5.65. The van der Waals surface area contributed by atoms with Gasteiger partial charge >= 0.3 is 0 Å². The molecule has 182 valence electrons. The summed E-state index contributed by atoms with van der Waals surface area (Å²) >= 11 is 0. The predicted molar refractivity (Wildman–Crippen MR) is 142 cm³/mol. The maximum Gasteiger partial charge on any atom is 0.184 e. The van der Waals surface area contributed by atoms with E-state index >= 15 is 0 Å². The van der Waals surface area contributed by atoms with E-state index in [0.29, 0.717) is 25.2 Å². The van der Waals surface area contributed by atoms with E-state index < -0.39 is 0 Å². The van der Waals surface area contributed by atoms with Crippen LogP contribution in [-0.2, 0) is 13.0 Å². The van der Waals surface area contributed by atoms with E-state index in [4.69, 9.17) is 9.47 Å². The van der Waals surface area contributed by atoms with Gasteiger partial charge in [0.1, 0.15) is 13.2 Å². The molecule has 0 spiro atoms. The van der Waals surface area contributed by atoms with E-state index in [1.807, 2.05) is 6.07 Å². The Kier molecular flexibility index (Phi) is 6.64. The Hall–Kier alpha value is -2.98. The van der Waals surface area contributed by atoms with Crippen LogP contribution in [0, 0.1) is 0 Å². The summed E-state index contributed by atoms with van der Waals surface area (Å²) in [5.41, 5.74) is 5.78. The summed E-state index contributed by atoms with van der Waals surface area (Å²) in [6.45, 7) is 5.59. The molecule has 35 heavy (non-hydrogen) atoms. The molecule has 2 heterocycles. The molecule has 0 bridgehead atoms. The maximum absolute atomic E-state index is 6.01. The van der Waals surface area contributed by atoms with Crippen LogP contribution in [0.25, 0.3) is 0 Å². The summed E-state index contributed by atoms with van der Waals surface area (Å²) in [6.07, 6.45) is 6.15. The Balaban J connectivity index is 1.14. The molecular weight excluding hydrogens is 432 g/mol. The second-order valence-electron chi connectivity index (χ2n) is 10.2. The molecule has 4 heteroatoms. The second-order valence-corrected chi connectivity index (χ2v) is 10.2. The van der Waals surface area contributed by atoms with Crippen LogP contribution in [0.4, 0.5) is 5.69 Å². The van der Waals surface area contributed by atoms with Gasteiger partial charge in [-0.2, -0.15) is 0 Å². The summed E-state index contributed by atoms with van der Waals surface area (Å²) in [5.74, 6) is 2.52. The highest BCUT2D eigenvalue weighted by Crippen LogP contribution is 2.41. The number of piperidine rings is 1. The predicted octanol–water partition coefficient (Wildman–Crippen LogP) is 6.05. The van der Waals surface area contributed by atoms with Crippen LogP contribution in [0.3, 0.4) is 0 Å². The van der Waals surface area contributed by atoms with Crippen LogP contribution >= 0.6 is 0 Å². The van der Waals surface area contributed by atoms with Gasteiger partial charge in [0.25, 0.3) is 0 Å². The van der Waals surface area contributed by atoms with Crippen molar-refractivity contribution in [3.8, 4) is 11.5 Å². The summed E-state index contributed by atoms with van der Waals surface area (Å²) in [6, 6.07) is 27.0. The molecule has 1 fully saturated rings. The van der Waals surface area contributed by atoms with Crippen molar-refractivity contribution < 1.29 is 9.47 Å². The van der Waals surface area contributed by atoms with Crippen LogP contribution in [0.15, 0.2) is 72.8 Å². The third-order valence-corrected chi connectivity index (χ3v) is 8.12. The lowest BCUT2D eigenvalue weighted by Crippen LogP contribution is -2.45. The highest BCUT2D eigenvalue weighted by Gasteiger charge is 2.29. The van der Waals surface area contributed by atoms with E-state index in [1.54, 1.807) is 11.1 Å². The Morgan fingerprint density at radius 3 is 2.49 bits per heavy atom. The molecule has 1 unspecified atom stereocenters. The minimum absolute atomic E-state index is 0.611. The third kappa shape index (κ3) is 4.90. The molecule has 3 aromatic carbocycles. The standard InChI is InChI=1S/C31H36N2O2/c1-2-7-24(8-3-1)23-33(18-15-26-14-13-25-9-4-5-10-28(25)26)27-16-19-32(20-17-27)29-11-6-12-30-31(29)35-22-21-34-30/h1-12,26-27H,13-23H2. The first-order valence-electron chi connectivity index (χ1n) is 13.3. The number of benzene rings is 3. The lowest BCUT2D eigenvalue weighted by atomic mass is 9.95. The molecule has 1 atom stereocenters. The number of rotatable bonds is 7. The molecule has 0 aromatic heterocycles. The largest absolute Gasteiger partial charge is 0.486 e. The normalized spacial score (nSPS) is 19.7. The molecule has 6 rings (SSSR count). The van der Waals surface area contributed by atoms with Crippen molar-refractivity contribution in [2.75, 3.05) is 37.7 Å². The average Bonchev–Trinajstić information content (AvgIpc) is 3.34. The van der Waals surface area contributed by atoms with Gasteiger partial charge in [-0.1, -0.05) is 60.7 Å². The zero-order chi connectivity index (χ0) is 23.5. The van der Waals surface area contributed by atoms with Gasteiger partial charge in [-0.15, -0.1) is 0 Å². The number of para-hydroxylation sites is 1. The van der Waals surface area contributed by atoms with Gasteiger partial charge in [0.05, 0.1) is 5.69 Å². The number of fused-ring (bicyclic) bond motifs is 2. The zero-order valence-corrected chi connectivity index (χ0v) is 20.6. The smallest absolute Gasteiger partial charge is 0.184 e. The summed E-state index contributed by atoms with van der Waals surface area (Å²) in [7, 11) is 0. The Morgan fingerprint density at radius 2 is 1.60 bits per heavy atom. The zero-order valence-electron chi connectivity index (χ0n) is 20.6. The lowest BCUT2D eigenvalue weighted by Gasteiger charge is -2.40. The third-order valence-electron chi connectivity index (χ3n) is 8.12. The van der Waals surface area contributed by atoms with Crippen LogP contribution < -0.4 is 14.4 Å². The molecule has 3 aliphatic rings. The van der Waals surface area contributed by atoms with Crippen molar-refractivity contribution in [1.82, 2.24) is 4.90 Å². The number of anilines is 1. The van der Waals surface area contributed by atoms with Gasteiger partial charge in [0, 0.05) is 25.7 Å². The quantitative estimate of drug-likeness (QED) is 0.421. The van der Waals surface area contributed by atoms with Crippen LogP contribution in [-0.4, -0.2) is 43.8 Å². The molecule has 0 N–H and O–H groups in total. The first kappa shape index (κ1) is 22.5. The minimum Gasteiger partial charge on any atom is -0.486 e. The van der Waals surface area contributed by atoms with Crippen molar-refractivity contribution in [2.24, 2.45) is 0 Å². The fraction of sp³-hybridized carbons (Fsp3) is 0.419.